The van der Waals surface area contributed by atoms with Crippen molar-refractivity contribution in [2.45, 2.75) is 33.1 Å². The average molecular weight is 274 g/mol. The summed E-state index contributed by atoms with van der Waals surface area (Å²) in [5.74, 6) is 0. The van der Waals surface area contributed by atoms with Crippen LogP contribution >= 0.6 is 0 Å². The highest BCUT2D eigenvalue weighted by molar-refractivity contribution is 5.48. The Bertz CT molecular complexity index is 667. The highest BCUT2D eigenvalue weighted by Gasteiger charge is 2.11. The van der Waals surface area contributed by atoms with E-state index in [0.717, 1.165) is 41.5 Å². The molecule has 21 heavy (non-hydrogen) atoms. The van der Waals surface area contributed by atoms with Gasteiger partial charge < -0.3 is 0 Å². The Morgan fingerprint density at radius 1 is 0.762 bits per heavy atom. The molecule has 0 spiro atoms. The van der Waals surface area contributed by atoms with E-state index in [-0.39, 0.29) is 0 Å². The van der Waals surface area contributed by atoms with Crippen molar-refractivity contribution in [1.82, 2.24) is 0 Å². The van der Waals surface area contributed by atoms with Crippen molar-refractivity contribution in [2.75, 3.05) is 0 Å². The first-order valence-corrected chi connectivity index (χ1v) is 7.26. The summed E-state index contributed by atoms with van der Waals surface area (Å²) in [7, 11) is 0. The first-order chi connectivity index (χ1) is 10.2. The summed E-state index contributed by atoms with van der Waals surface area (Å²) in [6.45, 7) is 4.15. The van der Waals surface area contributed by atoms with Crippen LogP contribution in [0.4, 0.5) is 0 Å². The van der Waals surface area contributed by atoms with Gasteiger partial charge in [-0.15, -0.1) is 0 Å². The van der Waals surface area contributed by atoms with E-state index in [2.05, 4.69) is 38.1 Å². The Labute approximate surface area is 126 Å². The molecule has 0 bridgehead atoms. The fourth-order valence-electron chi connectivity index (χ4n) is 2.85. The lowest BCUT2D eigenvalue weighted by atomic mass is 9.90. The molecule has 0 atom stereocenters. The molecular weight excluding hydrogens is 256 g/mol. The Morgan fingerprint density at radius 3 is 1.52 bits per heavy atom. The van der Waals surface area contributed by atoms with Gasteiger partial charge in [-0.2, -0.15) is 10.5 Å². The molecule has 0 amide bonds. The molecule has 0 aliphatic heterocycles. The zero-order chi connectivity index (χ0) is 15.2. The molecule has 0 radical (unpaired) electrons. The van der Waals surface area contributed by atoms with Gasteiger partial charge in [-0.25, -0.2) is 0 Å². The smallest absolute Gasteiger partial charge is 0.0994 e. The van der Waals surface area contributed by atoms with Crippen LogP contribution in [0.5, 0.6) is 0 Å². The lowest BCUT2D eigenvalue weighted by Crippen LogP contribution is -2.02. The second-order valence-corrected chi connectivity index (χ2v) is 4.99. The van der Waals surface area contributed by atoms with Crippen LogP contribution in [-0.4, -0.2) is 0 Å². The quantitative estimate of drug-likeness (QED) is 0.841. The molecule has 2 aromatic rings. The van der Waals surface area contributed by atoms with Crippen LogP contribution in [-0.2, 0) is 19.3 Å². The molecule has 0 heterocycles. The summed E-state index contributed by atoms with van der Waals surface area (Å²) in [5, 5.41) is 18.5. The molecule has 2 aromatic carbocycles. The van der Waals surface area contributed by atoms with Crippen molar-refractivity contribution < 1.29 is 0 Å². The predicted octanol–water partition coefficient (Wildman–Crippen LogP) is 4.15. The number of benzene rings is 2. The number of nitriles is 2. The fourth-order valence-corrected chi connectivity index (χ4v) is 2.85. The van der Waals surface area contributed by atoms with E-state index < -0.39 is 0 Å². The topological polar surface area (TPSA) is 47.6 Å². The Balaban J connectivity index is 2.49. The van der Waals surface area contributed by atoms with E-state index in [1.165, 1.54) is 11.1 Å². The SMILES string of the molecule is CCc1c(C#N)cccc1Cc1cccc(C#N)c1CC. The third kappa shape index (κ3) is 2.96. The van der Waals surface area contributed by atoms with E-state index in [9.17, 15) is 10.5 Å². The standard InChI is InChI=1S/C19H18N2/c1-3-18-14(7-5-9-16(18)12-20)11-15-8-6-10-17(13-21)19(15)4-2/h5-10H,3-4,11H2,1-2H3. The molecule has 2 nitrogen and oxygen atoms in total. The van der Waals surface area contributed by atoms with Gasteiger partial charge in [0, 0.05) is 0 Å². The molecule has 0 aromatic heterocycles. The molecule has 2 heteroatoms. The summed E-state index contributed by atoms with van der Waals surface area (Å²) < 4.78 is 0. The average Bonchev–Trinajstić information content (AvgIpc) is 2.54. The van der Waals surface area contributed by atoms with Crippen molar-refractivity contribution in [3.8, 4) is 12.1 Å². The minimum Gasteiger partial charge on any atom is -0.192 e. The zero-order valence-electron chi connectivity index (χ0n) is 12.5. The van der Waals surface area contributed by atoms with Crippen molar-refractivity contribution in [3.63, 3.8) is 0 Å². The molecule has 0 saturated heterocycles. The Morgan fingerprint density at radius 2 is 1.19 bits per heavy atom. The number of nitrogens with zero attached hydrogens (tertiary/aromatic N) is 2. The van der Waals surface area contributed by atoms with Gasteiger partial charge in [0.15, 0.2) is 0 Å². The minimum absolute atomic E-state index is 0.754. The fraction of sp³-hybridized carbons (Fsp3) is 0.263. The van der Waals surface area contributed by atoms with Gasteiger partial charge in [-0.3, -0.25) is 0 Å². The zero-order valence-corrected chi connectivity index (χ0v) is 12.5. The summed E-state index contributed by atoms with van der Waals surface area (Å²) in [6, 6.07) is 16.3. The molecule has 0 aliphatic carbocycles. The molecule has 0 N–H and O–H groups in total. The number of rotatable bonds is 4. The van der Waals surface area contributed by atoms with E-state index in [4.69, 9.17) is 0 Å². The maximum absolute atomic E-state index is 9.23. The molecule has 0 saturated carbocycles. The summed E-state index contributed by atoms with van der Waals surface area (Å²) >= 11 is 0. The summed E-state index contributed by atoms with van der Waals surface area (Å²) in [4.78, 5) is 0. The van der Waals surface area contributed by atoms with Gasteiger partial charge in [0.2, 0.25) is 0 Å². The van der Waals surface area contributed by atoms with Crippen LogP contribution in [0, 0.1) is 22.7 Å². The third-order valence-electron chi connectivity index (χ3n) is 3.87. The van der Waals surface area contributed by atoms with Crippen molar-refractivity contribution in [3.05, 3.63) is 69.8 Å². The molecule has 0 fully saturated rings. The minimum atomic E-state index is 0.754. The van der Waals surface area contributed by atoms with E-state index in [1.54, 1.807) is 0 Å². The third-order valence-corrected chi connectivity index (χ3v) is 3.87. The normalized spacial score (nSPS) is 9.90. The molecule has 0 unspecified atom stereocenters. The van der Waals surface area contributed by atoms with Gasteiger partial charge in [-0.1, -0.05) is 38.1 Å². The van der Waals surface area contributed by atoms with Gasteiger partial charge in [-0.05, 0) is 53.6 Å². The van der Waals surface area contributed by atoms with Crippen LogP contribution in [0.1, 0.15) is 47.2 Å². The van der Waals surface area contributed by atoms with E-state index >= 15 is 0 Å². The van der Waals surface area contributed by atoms with Gasteiger partial charge in [0.25, 0.3) is 0 Å². The Kier molecular flexibility index (Phi) is 4.75. The van der Waals surface area contributed by atoms with Crippen LogP contribution in [0.15, 0.2) is 36.4 Å². The Hall–Kier alpha value is -2.58. The molecule has 104 valence electrons. The maximum atomic E-state index is 9.23. The first-order valence-electron chi connectivity index (χ1n) is 7.26. The van der Waals surface area contributed by atoms with Crippen molar-refractivity contribution in [1.29, 1.82) is 10.5 Å². The van der Waals surface area contributed by atoms with Crippen molar-refractivity contribution in [2.24, 2.45) is 0 Å². The monoisotopic (exact) mass is 274 g/mol. The second-order valence-electron chi connectivity index (χ2n) is 4.99. The molecular formula is C19H18N2. The number of hydrogen-bond acceptors (Lipinski definition) is 2. The van der Waals surface area contributed by atoms with Crippen LogP contribution in [0.2, 0.25) is 0 Å². The van der Waals surface area contributed by atoms with E-state index in [1.807, 2.05) is 24.3 Å². The number of hydrogen-bond donors (Lipinski definition) is 0. The van der Waals surface area contributed by atoms with Gasteiger partial charge in [0.1, 0.15) is 0 Å². The predicted molar refractivity (Wildman–Crippen MR) is 83.9 cm³/mol. The summed E-state index contributed by atoms with van der Waals surface area (Å²) in [5.41, 5.74) is 6.10. The molecule has 2 rings (SSSR count). The highest BCUT2D eigenvalue weighted by Crippen LogP contribution is 2.23. The van der Waals surface area contributed by atoms with Crippen molar-refractivity contribution >= 4 is 0 Å². The second kappa shape index (κ2) is 6.73. The largest absolute Gasteiger partial charge is 0.192 e. The van der Waals surface area contributed by atoms with Gasteiger partial charge >= 0.3 is 0 Å². The first kappa shape index (κ1) is 14.8. The maximum Gasteiger partial charge on any atom is 0.0994 e. The van der Waals surface area contributed by atoms with Crippen LogP contribution in [0.3, 0.4) is 0 Å². The van der Waals surface area contributed by atoms with Gasteiger partial charge in [0.05, 0.1) is 23.3 Å². The lowest BCUT2D eigenvalue weighted by Gasteiger charge is -2.13. The summed E-state index contributed by atoms with van der Waals surface area (Å²) in [6.07, 6.45) is 2.47. The van der Waals surface area contributed by atoms with E-state index in [0.29, 0.717) is 0 Å². The molecule has 0 aliphatic rings. The highest BCUT2D eigenvalue weighted by atomic mass is 14.3. The van der Waals surface area contributed by atoms with Crippen LogP contribution in [0.25, 0.3) is 0 Å². The lowest BCUT2D eigenvalue weighted by molar-refractivity contribution is 1.01. The van der Waals surface area contributed by atoms with Crippen LogP contribution < -0.4 is 0 Å².